The molecule has 5 heteroatoms. The van der Waals surface area contributed by atoms with E-state index in [0.717, 1.165) is 38.2 Å². The molecule has 0 aliphatic carbocycles. The van der Waals surface area contributed by atoms with Crippen molar-refractivity contribution in [3.05, 3.63) is 29.8 Å². The molecule has 2 N–H and O–H groups in total. The van der Waals surface area contributed by atoms with E-state index < -0.39 is 0 Å². The lowest BCUT2D eigenvalue weighted by atomic mass is 10.1. The van der Waals surface area contributed by atoms with E-state index in [-0.39, 0.29) is 5.91 Å². The van der Waals surface area contributed by atoms with Gasteiger partial charge in [-0.05, 0) is 70.5 Å². The highest BCUT2D eigenvalue weighted by Crippen LogP contribution is 2.20. The number of rotatable bonds is 6. The zero-order chi connectivity index (χ0) is 16.8. The van der Waals surface area contributed by atoms with E-state index in [1.807, 2.05) is 12.1 Å². The quantitative estimate of drug-likeness (QED) is 0.836. The molecule has 0 aromatic heterocycles. The van der Waals surface area contributed by atoms with Gasteiger partial charge in [-0.15, -0.1) is 0 Å². The number of likely N-dealkylation sites (tertiary alicyclic amines) is 1. The fourth-order valence-electron chi connectivity index (χ4n) is 3.75. The van der Waals surface area contributed by atoms with Crippen LogP contribution in [0.4, 0.5) is 5.69 Å². The number of carbonyl (C=O) groups is 1. The molecule has 1 aromatic carbocycles. The third-order valence-electron chi connectivity index (χ3n) is 5.21. The lowest BCUT2D eigenvalue weighted by molar-refractivity contribution is -0.117. The van der Waals surface area contributed by atoms with Gasteiger partial charge >= 0.3 is 0 Å². The predicted octanol–water partition coefficient (Wildman–Crippen LogP) is 1.90. The van der Waals surface area contributed by atoms with Crippen LogP contribution in [0.5, 0.6) is 0 Å². The molecule has 2 aliphatic heterocycles. The van der Waals surface area contributed by atoms with E-state index in [1.54, 1.807) is 0 Å². The molecule has 2 fully saturated rings. The number of carbonyl (C=O) groups excluding carboxylic acids is 1. The van der Waals surface area contributed by atoms with Crippen LogP contribution in [0.15, 0.2) is 24.3 Å². The predicted molar refractivity (Wildman–Crippen MR) is 98.1 cm³/mol. The molecule has 0 atom stereocenters. The highest BCUT2D eigenvalue weighted by Gasteiger charge is 2.20. The van der Waals surface area contributed by atoms with Gasteiger partial charge in [-0.3, -0.25) is 14.6 Å². The van der Waals surface area contributed by atoms with Gasteiger partial charge in [0.25, 0.3) is 0 Å². The molecule has 2 heterocycles. The number of para-hydroxylation sites is 1. The Hall–Kier alpha value is -1.43. The first-order chi connectivity index (χ1) is 11.7. The van der Waals surface area contributed by atoms with E-state index in [9.17, 15) is 4.79 Å². The molecule has 5 nitrogen and oxygen atoms in total. The summed E-state index contributed by atoms with van der Waals surface area (Å²) in [5.41, 5.74) is 2.19. The van der Waals surface area contributed by atoms with E-state index in [2.05, 4.69) is 39.6 Å². The smallest absolute Gasteiger partial charge is 0.238 e. The summed E-state index contributed by atoms with van der Waals surface area (Å²) in [6.45, 7) is 5.83. The van der Waals surface area contributed by atoms with Gasteiger partial charge in [0.2, 0.25) is 5.91 Å². The molecule has 3 rings (SSSR count). The maximum atomic E-state index is 12.5. The molecule has 24 heavy (non-hydrogen) atoms. The summed E-state index contributed by atoms with van der Waals surface area (Å²) in [4.78, 5) is 17.1. The lowest BCUT2D eigenvalue weighted by Crippen LogP contribution is -2.44. The highest BCUT2D eigenvalue weighted by atomic mass is 16.2. The second kappa shape index (κ2) is 8.60. The van der Waals surface area contributed by atoms with Gasteiger partial charge in [0, 0.05) is 18.3 Å². The van der Waals surface area contributed by atoms with Gasteiger partial charge in [0.15, 0.2) is 0 Å². The van der Waals surface area contributed by atoms with E-state index in [1.165, 1.54) is 31.5 Å². The number of anilines is 1. The highest BCUT2D eigenvalue weighted by molar-refractivity contribution is 5.93. The van der Waals surface area contributed by atoms with Crippen LogP contribution in [0, 0.1) is 0 Å². The molecular weight excluding hydrogens is 300 g/mol. The zero-order valence-electron chi connectivity index (χ0n) is 14.8. The fourth-order valence-corrected chi connectivity index (χ4v) is 3.75. The second-order valence-corrected chi connectivity index (χ2v) is 7.08. The summed E-state index contributed by atoms with van der Waals surface area (Å²) in [6.07, 6.45) is 4.82. The maximum absolute atomic E-state index is 12.5. The van der Waals surface area contributed by atoms with Crippen LogP contribution in [0.3, 0.4) is 0 Å². The summed E-state index contributed by atoms with van der Waals surface area (Å²) in [7, 11) is 2.06. The van der Waals surface area contributed by atoms with Crippen LogP contribution >= 0.6 is 0 Å². The van der Waals surface area contributed by atoms with Crippen molar-refractivity contribution in [1.29, 1.82) is 0 Å². The SMILES string of the molecule is CN(CC(=O)Nc1ccccc1CN1CCCC1)C1CCNCC1. The number of nitrogens with zero attached hydrogens (tertiary/aromatic N) is 2. The monoisotopic (exact) mass is 330 g/mol. The Kier molecular flexibility index (Phi) is 6.24. The van der Waals surface area contributed by atoms with Crippen molar-refractivity contribution in [3.63, 3.8) is 0 Å². The Morgan fingerprint density at radius 1 is 1.25 bits per heavy atom. The van der Waals surface area contributed by atoms with Gasteiger partial charge in [-0.1, -0.05) is 18.2 Å². The molecule has 132 valence electrons. The summed E-state index contributed by atoms with van der Waals surface area (Å²) >= 11 is 0. The molecule has 1 amide bonds. The molecular formula is C19H30N4O. The third kappa shape index (κ3) is 4.79. The van der Waals surface area contributed by atoms with Crippen molar-refractivity contribution < 1.29 is 4.79 Å². The van der Waals surface area contributed by atoms with Gasteiger partial charge in [0.05, 0.1) is 6.54 Å². The van der Waals surface area contributed by atoms with Crippen molar-refractivity contribution in [1.82, 2.24) is 15.1 Å². The summed E-state index contributed by atoms with van der Waals surface area (Å²) in [6, 6.07) is 8.72. The maximum Gasteiger partial charge on any atom is 0.238 e. The van der Waals surface area contributed by atoms with Crippen LogP contribution in [0.1, 0.15) is 31.2 Å². The van der Waals surface area contributed by atoms with Gasteiger partial charge in [-0.25, -0.2) is 0 Å². The number of nitrogens with one attached hydrogen (secondary N) is 2. The molecule has 0 spiro atoms. The standard InChI is InChI=1S/C19H30N4O/c1-22(17-8-10-20-11-9-17)15-19(24)21-18-7-3-2-6-16(18)14-23-12-4-5-13-23/h2-3,6-7,17,20H,4-5,8-15H2,1H3,(H,21,24). The van der Waals surface area contributed by atoms with Crippen LogP contribution in [-0.4, -0.2) is 61.5 Å². The minimum Gasteiger partial charge on any atom is -0.325 e. The summed E-state index contributed by atoms with van der Waals surface area (Å²) in [5, 5.41) is 6.50. The number of hydrogen-bond donors (Lipinski definition) is 2. The third-order valence-corrected chi connectivity index (χ3v) is 5.21. The van der Waals surface area contributed by atoms with Crippen molar-refractivity contribution in [3.8, 4) is 0 Å². The number of amides is 1. The summed E-state index contributed by atoms with van der Waals surface area (Å²) in [5.74, 6) is 0.0879. The first kappa shape index (κ1) is 17.4. The van der Waals surface area contributed by atoms with Crippen LogP contribution in [0.25, 0.3) is 0 Å². The van der Waals surface area contributed by atoms with Crippen LogP contribution < -0.4 is 10.6 Å². The normalized spacial score (nSPS) is 19.8. The Morgan fingerprint density at radius 3 is 2.71 bits per heavy atom. The molecule has 0 bridgehead atoms. The van der Waals surface area contributed by atoms with Crippen molar-refractivity contribution in [2.24, 2.45) is 0 Å². The van der Waals surface area contributed by atoms with E-state index in [4.69, 9.17) is 0 Å². The van der Waals surface area contributed by atoms with E-state index >= 15 is 0 Å². The number of likely N-dealkylation sites (N-methyl/N-ethyl adjacent to an activating group) is 1. The van der Waals surface area contributed by atoms with E-state index in [0.29, 0.717) is 12.6 Å². The molecule has 2 aliphatic rings. The van der Waals surface area contributed by atoms with Crippen molar-refractivity contribution >= 4 is 11.6 Å². The first-order valence-electron chi connectivity index (χ1n) is 9.23. The lowest BCUT2D eigenvalue weighted by Gasteiger charge is -2.31. The first-order valence-corrected chi connectivity index (χ1v) is 9.23. The van der Waals surface area contributed by atoms with Gasteiger partial charge in [-0.2, -0.15) is 0 Å². The Morgan fingerprint density at radius 2 is 1.96 bits per heavy atom. The average molecular weight is 330 g/mol. The minimum absolute atomic E-state index is 0.0879. The molecule has 0 saturated carbocycles. The topological polar surface area (TPSA) is 47.6 Å². The molecule has 2 saturated heterocycles. The second-order valence-electron chi connectivity index (χ2n) is 7.08. The summed E-state index contributed by atoms with van der Waals surface area (Å²) < 4.78 is 0. The average Bonchev–Trinajstić information content (AvgIpc) is 3.10. The Balaban J connectivity index is 1.55. The largest absolute Gasteiger partial charge is 0.325 e. The molecule has 1 aromatic rings. The fraction of sp³-hybridized carbons (Fsp3) is 0.632. The van der Waals surface area contributed by atoms with Crippen molar-refractivity contribution in [2.45, 2.75) is 38.3 Å². The zero-order valence-corrected chi connectivity index (χ0v) is 14.8. The van der Waals surface area contributed by atoms with Gasteiger partial charge < -0.3 is 10.6 Å². The number of benzene rings is 1. The minimum atomic E-state index is 0.0879. The number of hydrogen-bond acceptors (Lipinski definition) is 4. The Bertz CT molecular complexity index is 536. The van der Waals surface area contributed by atoms with Gasteiger partial charge in [0.1, 0.15) is 0 Å². The van der Waals surface area contributed by atoms with Crippen LogP contribution in [-0.2, 0) is 11.3 Å². The van der Waals surface area contributed by atoms with Crippen LogP contribution in [0.2, 0.25) is 0 Å². The Labute approximate surface area is 145 Å². The number of piperidine rings is 1. The van der Waals surface area contributed by atoms with Crippen molar-refractivity contribution in [2.75, 3.05) is 45.1 Å². The molecule has 0 radical (unpaired) electrons. The molecule has 0 unspecified atom stereocenters.